The molecular formula is C11H14ClN. The standard InChI is InChI=1S/C11H14ClN/c1-9(2)8-13(3)11-6-4-10(12)5-7-11/h4-8H,1-3H3. The second-order valence-electron chi connectivity index (χ2n) is 3.29. The van der Waals surface area contributed by atoms with Crippen LogP contribution in [0.15, 0.2) is 36.0 Å². The molecule has 0 spiro atoms. The highest BCUT2D eigenvalue weighted by Crippen LogP contribution is 2.17. The van der Waals surface area contributed by atoms with Crippen LogP contribution in [0.25, 0.3) is 0 Å². The SMILES string of the molecule is CC(C)=CN(C)c1ccc(Cl)cc1. The third-order valence-corrected chi connectivity index (χ3v) is 1.94. The molecule has 0 heterocycles. The van der Waals surface area contributed by atoms with Gasteiger partial charge in [0.25, 0.3) is 0 Å². The third-order valence-electron chi connectivity index (χ3n) is 1.69. The minimum Gasteiger partial charge on any atom is -0.351 e. The van der Waals surface area contributed by atoms with Crippen LogP contribution in [0, 0.1) is 0 Å². The van der Waals surface area contributed by atoms with E-state index in [4.69, 9.17) is 11.6 Å². The lowest BCUT2D eigenvalue weighted by Gasteiger charge is -2.14. The molecule has 0 radical (unpaired) electrons. The van der Waals surface area contributed by atoms with Crippen molar-refractivity contribution in [2.75, 3.05) is 11.9 Å². The predicted octanol–water partition coefficient (Wildman–Crippen LogP) is 3.70. The van der Waals surface area contributed by atoms with Gasteiger partial charge in [-0.2, -0.15) is 0 Å². The number of halogens is 1. The summed E-state index contributed by atoms with van der Waals surface area (Å²) in [6.07, 6.45) is 2.09. The lowest BCUT2D eigenvalue weighted by molar-refractivity contribution is 1.16. The number of allylic oxidation sites excluding steroid dienone is 1. The van der Waals surface area contributed by atoms with Crippen LogP contribution in [0.4, 0.5) is 5.69 Å². The van der Waals surface area contributed by atoms with Crippen LogP contribution in [-0.4, -0.2) is 7.05 Å². The van der Waals surface area contributed by atoms with Gasteiger partial charge in [0, 0.05) is 24.0 Å². The first kappa shape index (κ1) is 10.1. The van der Waals surface area contributed by atoms with Crippen LogP contribution in [-0.2, 0) is 0 Å². The van der Waals surface area contributed by atoms with Gasteiger partial charge in [-0.05, 0) is 38.1 Å². The molecule has 0 aromatic heterocycles. The van der Waals surface area contributed by atoms with E-state index in [-0.39, 0.29) is 0 Å². The van der Waals surface area contributed by atoms with Crippen molar-refractivity contribution in [2.24, 2.45) is 0 Å². The molecule has 0 bridgehead atoms. The lowest BCUT2D eigenvalue weighted by atomic mass is 10.3. The number of anilines is 1. The molecule has 0 unspecified atom stereocenters. The van der Waals surface area contributed by atoms with Crippen LogP contribution in [0.3, 0.4) is 0 Å². The predicted molar refractivity (Wildman–Crippen MR) is 59.3 cm³/mol. The Hall–Kier alpha value is -0.950. The second-order valence-corrected chi connectivity index (χ2v) is 3.73. The van der Waals surface area contributed by atoms with Crippen molar-refractivity contribution in [3.05, 3.63) is 41.1 Å². The van der Waals surface area contributed by atoms with Gasteiger partial charge < -0.3 is 4.90 Å². The smallest absolute Gasteiger partial charge is 0.0407 e. The minimum absolute atomic E-state index is 0.773. The molecule has 1 rings (SSSR count). The molecule has 0 fully saturated rings. The van der Waals surface area contributed by atoms with Gasteiger partial charge >= 0.3 is 0 Å². The number of benzene rings is 1. The summed E-state index contributed by atoms with van der Waals surface area (Å²) in [6.45, 7) is 4.15. The zero-order chi connectivity index (χ0) is 9.84. The van der Waals surface area contributed by atoms with E-state index in [2.05, 4.69) is 24.9 Å². The summed E-state index contributed by atoms with van der Waals surface area (Å²) >= 11 is 5.79. The summed E-state index contributed by atoms with van der Waals surface area (Å²) in [5.74, 6) is 0. The molecule has 13 heavy (non-hydrogen) atoms. The Morgan fingerprint density at radius 2 is 1.77 bits per heavy atom. The molecule has 1 aromatic rings. The molecule has 0 saturated carbocycles. The van der Waals surface area contributed by atoms with Crippen molar-refractivity contribution in [1.29, 1.82) is 0 Å². The largest absolute Gasteiger partial charge is 0.351 e. The Balaban J connectivity index is 2.83. The first-order chi connectivity index (χ1) is 6.09. The summed E-state index contributed by atoms with van der Waals surface area (Å²) in [4.78, 5) is 2.08. The Bertz CT molecular complexity index is 296. The van der Waals surface area contributed by atoms with Crippen LogP contribution in [0.1, 0.15) is 13.8 Å². The molecule has 0 N–H and O–H groups in total. The summed E-state index contributed by atoms with van der Waals surface area (Å²) in [6, 6.07) is 7.79. The highest BCUT2D eigenvalue weighted by molar-refractivity contribution is 6.30. The van der Waals surface area contributed by atoms with E-state index in [9.17, 15) is 0 Å². The molecule has 70 valence electrons. The Labute approximate surface area is 84.6 Å². The Morgan fingerprint density at radius 1 is 1.23 bits per heavy atom. The maximum absolute atomic E-state index is 5.79. The van der Waals surface area contributed by atoms with Crippen molar-refractivity contribution in [1.82, 2.24) is 0 Å². The summed E-state index contributed by atoms with van der Waals surface area (Å²) < 4.78 is 0. The van der Waals surface area contributed by atoms with Gasteiger partial charge in [-0.3, -0.25) is 0 Å². The molecule has 0 aliphatic rings. The van der Waals surface area contributed by atoms with Crippen molar-refractivity contribution in [3.8, 4) is 0 Å². The van der Waals surface area contributed by atoms with Gasteiger partial charge in [-0.15, -0.1) is 0 Å². The first-order valence-electron chi connectivity index (χ1n) is 4.23. The molecule has 0 atom stereocenters. The fraction of sp³-hybridized carbons (Fsp3) is 0.273. The average molecular weight is 196 g/mol. The highest BCUT2D eigenvalue weighted by atomic mass is 35.5. The molecule has 0 amide bonds. The molecule has 2 heteroatoms. The van der Waals surface area contributed by atoms with Gasteiger partial charge in [0.1, 0.15) is 0 Å². The van der Waals surface area contributed by atoms with Crippen LogP contribution in [0.5, 0.6) is 0 Å². The number of hydrogen-bond acceptors (Lipinski definition) is 1. The van der Waals surface area contributed by atoms with E-state index in [1.54, 1.807) is 0 Å². The van der Waals surface area contributed by atoms with E-state index >= 15 is 0 Å². The molecule has 0 saturated heterocycles. The average Bonchev–Trinajstić information content (AvgIpc) is 2.04. The summed E-state index contributed by atoms with van der Waals surface area (Å²) in [7, 11) is 2.02. The maximum Gasteiger partial charge on any atom is 0.0407 e. The first-order valence-corrected chi connectivity index (χ1v) is 4.61. The zero-order valence-corrected chi connectivity index (χ0v) is 8.97. The Morgan fingerprint density at radius 3 is 2.23 bits per heavy atom. The molecule has 1 nitrogen and oxygen atoms in total. The van der Waals surface area contributed by atoms with Crippen molar-refractivity contribution < 1.29 is 0 Å². The third kappa shape index (κ3) is 3.11. The van der Waals surface area contributed by atoms with E-state index in [0.717, 1.165) is 10.7 Å². The molecule has 0 aliphatic carbocycles. The van der Waals surface area contributed by atoms with Crippen molar-refractivity contribution >= 4 is 17.3 Å². The monoisotopic (exact) mass is 195 g/mol. The minimum atomic E-state index is 0.773. The number of nitrogens with zero attached hydrogens (tertiary/aromatic N) is 1. The van der Waals surface area contributed by atoms with Gasteiger partial charge in [0.15, 0.2) is 0 Å². The van der Waals surface area contributed by atoms with Crippen LogP contribution in [0.2, 0.25) is 5.02 Å². The van der Waals surface area contributed by atoms with Crippen LogP contribution < -0.4 is 4.90 Å². The van der Waals surface area contributed by atoms with Crippen molar-refractivity contribution in [3.63, 3.8) is 0 Å². The Kier molecular flexibility index (Phi) is 3.38. The summed E-state index contributed by atoms with van der Waals surface area (Å²) in [5, 5.41) is 0.773. The van der Waals surface area contributed by atoms with Gasteiger partial charge in [-0.1, -0.05) is 17.2 Å². The molecule has 0 aliphatic heterocycles. The number of rotatable bonds is 2. The normalized spacial score (nSPS) is 9.54. The van der Waals surface area contributed by atoms with Gasteiger partial charge in [0.05, 0.1) is 0 Å². The zero-order valence-electron chi connectivity index (χ0n) is 8.21. The van der Waals surface area contributed by atoms with Gasteiger partial charge in [-0.25, -0.2) is 0 Å². The topological polar surface area (TPSA) is 3.24 Å². The summed E-state index contributed by atoms with van der Waals surface area (Å²) in [5.41, 5.74) is 2.42. The second kappa shape index (κ2) is 4.33. The van der Waals surface area contributed by atoms with Crippen LogP contribution >= 0.6 is 11.6 Å². The van der Waals surface area contributed by atoms with E-state index in [1.165, 1.54) is 5.57 Å². The quantitative estimate of drug-likeness (QED) is 0.696. The van der Waals surface area contributed by atoms with E-state index in [1.807, 2.05) is 31.3 Å². The van der Waals surface area contributed by atoms with E-state index < -0.39 is 0 Å². The fourth-order valence-electron chi connectivity index (χ4n) is 1.14. The van der Waals surface area contributed by atoms with Gasteiger partial charge in [0.2, 0.25) is 0 Å². The maximum atomic E-state index is 5.79. The highest BCUT2D eigenvalue weighted by Gasteiger charge is 1.96. The number of hydrogen-bond donors (Lipinski definition) is 0. The van der Waals surface area contributed by atoms with E-state index in [0.29, 0.717) is 0 Å². The fourth-order valence-corrected chi connectivity index (χ4v) is 1.26. The lowest BCUT2D eigenvalue weighted by Crippen LogP contribution is -2.07. The van der Waals surface area contributed by atoms with Crippen molar-refractivity contribution in [2.45, 2.75) is 13.8 Å². The molecule has 1 aromatic carbocycles. The molecular weight excluding hydrogens is 182 g/mol.